The Morgan fingerprint density at radius 1 is 0.609 bits per heavy atom. The van der Waals surface area contributed by atoms with E-state index < -0.39 is 0 Å². The minimum atomic E-state index is -0.163. The van der Waals surface area contributed by atoms with Crippen molar-refractivity contribution in [3.05, 3.63) is 150 Å². The highest BCUT2D eigenvalue weighted by molar-refractivity contribution is 6.85. The molecule has 0 N–H and O–H groups in total. The van der Waals surface area contributed by atoms with E-state index in [1.54, 1.807) is 0 Å². The summed E-state index contributed by atoms with van der Waals surface area (Å²) in [5.74, 6) is 2.45. The number of fused-ring (bicyclic) bond motifs is 1. The van der Waals surface area contributed by atoms with Crippen molar-refractivity contribution in [2.75, 3.05) is 9.62 Å². The fourth-order valence-electron chi connectivity index (χ4n) is 6.35. The number of hydrogen-bond acceptors (Lipinski definition) is 5. The van der Waals surface area contributed by atoms with Gasteiger partial charge in [-0.15, -0.1) is 0 Å². The number of aryl methyl sites for hydroxylation is 2. The van der Waals surface area contributed by atoms with Gasteiger partial charge in [-0.3, -0.25) is 4.98 Å². The molecule has 226 valence electrons. The minimum absolute atomic E-state index is 0.121. The van der Waals surface area contributed by atoms with Crippen molar-refractivity contribution < 1.29 is 4.74 Å². The van der Waals surface area contributed by atoms with Crippen molar-refractivity contribution in [1.82, 2.24) is 9.97 Å². The quantitative estimate of drug-likeness (QED) is 0.178. The van der Waals surface area contributed by atoms with E-state index in [4.69, 9.17) is 9.72 Å². The molecule has 0 aliphatic carbocycles. The van der Waals surface area contributed by atoms with Crippen molar-refractivity contribution in [2.45, 2.75) is 40.0 Å². The Hall–Kier alpha value is -5.36. The van der Waals surface area contributed by atoms with Crippen molar-refractivity contribution in [3.8, 4) is 22.8 Å². The lowest BCUT2D eigenvalue weighted by Crippen LogP contribution is -2.55. The van der Waals surface area contributed by atoms with Crippen LogP contribution in [0, 0.1) is 13.8 Å². The molecule has 2 aromatic heterocycles. The normalized spacial score (nSPS) is 12.8. The Bertz CT molecular complexity index is 1990. The first-order chi connectivity index (χ1) is 22.3. The van der Waals surface area contributed by atoms with E-state index in [-0.39, 0.29) is 12.4 Å². The van der Waals surface area contributed by atoms with E-state index in [9.17, 15) is 0 Å². The summed E-state index contributed by atoms with van der Waals surface area (Å²) in [6.07, 6.45) is 3.70. The molecule has 6 aromatic rings. The number of rotatable bonds is 6. The van der Waals surface area contributed by atoms with Crippen molar-refractivity contribution in [1.29, 1.82) is 0 Å². The van der Waals surface area contributed by atoms with Gasteiger partial charge in [0.25, 0.3) is 0 Å². The molecule has 0 fully saturated rings. The molecule has 1 aliphatic heterocycles. The SMILES string of the molecule is Cc1cccc(C)c1B1N(c2ccccc2)c2cccnc2N1c1cc(Oc2cccc(-c3ccccn3)c2)cc(C(C)(C)C)c1. The first kappa shape index (κ1) is 29.4. The van der Waals surface area contributed by atoms with Crippen LogP contribution in [-0.4, -0.2) is 17.0 Å². The summed E-state index contributed by atoms with van der Waals surface area (Å²) in [6.45, 7) is 11.0. The molecule has 4 aromatic carbocycles. The van der Waals surface area contributed by atoms with E-state index in [2.05, 4.69) is 134 Å². The third-order valence-corrected chi connectivity index (χ3v) is 8.64. The lowest BCUT2D eigenvalue weighted by Gasteiger charge is -2.32. The standard InChI is InChI=1S/C40H37BN4O/c1-28-14-11-15-29(2)38(28)41-44(32-17-7-6-8-18-32)37-21-13-23-43-39(37)45(41)33-25-31(40(3,4)5)26-35(27-33)46-34-19-12-16-30(24-34)36-20-9-10-22-42-36/h6-27H,1-5H3. The third kappa shape index (κ3) is 5.52. The van der Waals surface area contributed by atoms with Crippen LogP contribution < -0.4 is 19.8 Å². The van der Waals surface area contributed by atoms with Gasteiger partial charge in [-0.1, -0.05) is 86.5 Å². The Labute approximate surface area is 272 Å². The molecule has 1 aliphatic rings. The number of pyridine rings is 2. The Morgan fingerprint density at radius 2 is 1.35 bits per heavy atom. The molecule has 46 heavy (non-hydrogen) atoms. The lowest BCUT2D eigenvalue weighted by atomic mass is 9.61. The summed E-state index contributed by atoms with van der Waals surface area (Å²) in [5.41, 5.74) is 9.91. The Balaban J connectivity index is 1.41. The van der Waals surface area contributed by atoms with Gasteiger partial charge in [0.05, 0.1) is 11.4 Å². The van der Waals surface area contributed by atoms with Gasteiger partial charge in [-0.25, -0.2) is 4.98 Å². The van der Waals surface area contributed by atoms with Gasteiger partial charge in [-0.2, -0.15) is 0 Å². The van der Waals surface area contributed by atoms with Crippen LogP contribution in [0.4, 0.5) is 22.9 Å². The molecule has 6 heteroatoms. The Morgan fingerprint density at radius 3 is 2.09 bits per heavy atom. The number of ether oxygens (including phenoxy) is 1. The first-order valence-corrected chi connectivity index (χ1v) is 15.8. The van der Waals surface area contributed by atoms with Crippen LogP contribution in [0.15, 0.2) is 134 Å². The van der Waals surface area contributed by atoms with Gasteiger partial charge in [0.1, 0.15) is 17.3 Å². The number of para-hydroxylation sites is 1. The van der Waals surface area contributed by atoms with Gasteiger partial charge < -0.3 is 14.4 Å². The monoisotopic (exact) mass is 600 g/mol. The summed E-state index contributed by atoms with van der Waals surface area (Å²) in [6, 6.07) is 42.0. The van der Waals surface area contributed by atoms with Crippen molar-refractivity contribution in [3.63, 3.8) is 0 Å². The van der Waals surface area contributed by atoms with E-state index >= 15 is 0 Å². The summed E-state index contributed by atoms with van der Waals surface area (Å²) in [5, 5.41) is 0. The number of anilines is 4. The van der Waals surface area contributed by atoms with Gasteiger partial charge in [-0.05, 0) is 91.0 Å². The second kappa shape index (κ2) is 11.9. The smallest absolute Gasteiger partial charge is 0.422 e. The summed E-state index contributed by atoms with van der Waals surface area (Å²) in [7, 11) is 0. The molecule has 0 unspecified atom stereocenters. The number of hydrogen-bond donors (Lipinski definition) is 0. The number of benzene rings is 4. The number of nitrogens with zero attached hydrogens (tertiary/aromatic N) is 4. The summed E-state index contributed by atoms with van der Waals surface area (Å²) < 4.78 is 6.68. The topological polar surface area (TPSA) is 41.5 Å². The predicted octanol–water partition coefficient (Wildman–Crippen LogP) is 9.54. The molecule has 0 atom stereocenters. The van der Waals surface area contributed by atoms with E-state index in [1.165, 1.54) is 22.2 Å². The maximum absolute atomic E-state index is 6.68. The average Bonchev–Trinajstić information content (AvgIpc) is 3.40. The van der Waals surface area contributed by atoms with E-state index in [0.29, 0.717) is 0 Å². The molecule has 0 spiro atoms. The molecule has 0 saturated heterocycles. The van der Waals surface area contributed by atoms with Crippen molar-refractivity contribution in [2.24, 2.45) is 0 Å². The maximum atomic E-state index is 6.68. The molecule has 5 nitrogen and oxygen atoms in total. The molecule has 0 radical (unpaired) electrons. The van der Waals surface area contributed by atoms with E-state index in [1.807, 2.05) is 48.8 Å². The molecule has 3 heterocycles. The molecule has 0 bridgehead atoms. The average molecular weight is 601 g/mol. The van der Waals surface area contributed by atoms with Crippen LogP contribution in [0.2, 0.25) is 0 Å². The molecule has 0 saturated carbocycles. The predicted molar refractivity (Wildman–Crippen MR) is 191 cm³/mol. The first-order valence-electron chi connectivity index (χ1n) is 15.8. The zero-order chi connectivity index (χ0) is 31.8. The summed E-state index contributed by atoms with van der Waals surface area (Å²) in [4.78, 5) is 14.3. The van der Waals surface area contributed by atoms with Gasteiger partial charge in [0.15, 0.2) is 0 Å². The summed E-state index contributed by atoms with van der Waals surface area (Å²) >= 11 is 0. The largest absolute Gasteiger partial charge is 0.457 e. The highest BCUT2D eigenvalue weighted by Crippen LogP contribution is 2.47. The fraction of sp³-hybridized carbons (Fsp3) is 0.150. The van der Waals surface area contributed by atoms with Gasteiger partial charge in [0, 0.05) is 35.4 Å². The van der Waals surface area contributed by atoms with E-state index in [0.717, 1.165) is 45.6 Å². The second-order valence-corrected chi connectivity index (χ2v) is 12.9. The van der Waals surface area contributed by atoms with Crippen molar-refractivity contribution >= 4 is 35.3 Å². The molecular weight excluding hydrogens is 563 g/mol. The second-order valence-electron chi connectivity index (χ2n) is 12.9. The molecule has 0 amide bonds. The van der Waals surface area contributed by atoms with Crippen LogP contribution in [-0.2, 0) is 5.41 Å². The highest BCUT2D eigenvalue weighted by Gasteiger charge is 2.46. The third-order valence-electron chi connectivity index (χ3n) is 8.64. The maximum Gasteiger partial charge on any atom is 0.422 e. The van der Waals surface area contributed by atoms with Crippen LogP contribution >= 0.6 is 0 Å². The van der Waals surface area contributed by atoms with Gasteiger partial charge >= 0.3 is 6.98 Å². The van der Waals surface area contributed by atoms with Crippen LogP contribution in [0.3, 0.4) is 0 Å². The molecular formula is C40H37BN4O. The highest BCUT2D eigenvalue weighted by atomic mass is 16.5. The zero-order valence-electron chi connectivity index (χ0n) is 27.0. The lowest BCUT2D eigenvalue weighted by molar-refractivity contribution is 0.479. The zero-order valence-corrected chi connectivity index (χ0v) is 27.0. The Kier molecular flexibility index (Phi) is 7.57. The van der Waals surface area contributed by atoms with Crippen LogP contribution in [0.25, 0.3) is 11.3 Å². The van der Waals surface area contributed by atoms with Crippen LogP contribution in [0.5, 0.6) is 11.5 Å². The number of aromatic nitrogens is 2. The molecule has 7 rings (SSSR count). The van der Waals surface area contributed by atoms with Gasteiger partial charge in [0.2, 0.25) is 0 Å². The minimum Gasteiger partial charge on any atom is -0.457 e. The van der Waals surface area contributed by atoms with Crippen LogP contribution in [0.1, 0.15) is 37.5 Å². The fourth-order valence-corrected chi connectivity index (χ4v) is 6.35.